The maximum absolute atomic E-state index is 13.1. The summed E-state index contributed by atoms with van der Waals surface area (Å²) in [4.78, 5) is 51.0. The van der Waals surface area contributed by atoms with Crippen LogP contribution in [0.1, 0.15) is 34.6 Å². The van der Waals surface area contributed by atoms with Gasteiger partial charge in [-0.15, -0.1) is 0 Å². The Labute approximate surface area is 191 Å². The normalized spacial score (nSPS) is 18.8. The summed E-state index contributed by atoms with van der Waals surface area (Å²) in [5, 5.41) is 1.05. The zero-order chi connectivity index (χ0) is 24.0. The van der Waals surface area contributed by atoms with Crippen LogP contribution >= 0.6 is 0 Å². The molecule has 3 rings (SSSR count). The highest BCUT2D eigenvalue weighted by Gasteiger charge is 2.48. The number of ketones is 2. The lowest BCUT2D eigenvalue weighted by Gasteiger charge is -2.25. The second-order valence-electron chi connectivity index (χ2n) is 7.11. The number of rotatable bonds is 8. The first-order valence-corrected chi connectivity index (χ1v) is 10.5. The lowest BCUT2D eigenvalue weighted by Crippen LogP contribution is -2.51. The van der Waals surface area contributed by atoms with Crippen molar-refractivity contribution < 1.29 is 28.7 Å². The first kappa shape index (κ1) is 23.7. The van der Waals surface area contributed by atoms with Crippen molar-refractivity contribution in [3.63, 3.8) is 0 Å². The average Bonchev–Trinajstić information content (AvgIpc) is 3.04. The molecule has 1 aliphatic rings. The summed E-state index contributed by atoms with van der Waals surface area (Å²) < 4.78 is 10.3. The summed E-state index contributed by atoms with van der Waals surface area (Å²) >= 11 is 0. The van der Waals surface area contributed by atoms with E-state index in [4.69, 9.17) is 15.2 Å². The van der Waals surface area contributed by atoms with E-state index in [0.29, 0.717) is 23.5 Å². The van der Waals surface area contributed by atoms with Crippen LogP contribution in [-0.4, -0.2) is 47.8 Å². The topological polar surface area (TPSA) is 128 Å². The molecular formula is C24H25N3O6. The second-order valence-corrected chi connectivity index (χ2v) is 7.11. The minimum absolute atomic E-state index is 0.0515. The van der Waals surface area contributed by atoms with Gasteiger partial charge in [-0.1, -0.05) is 18.2 Å². The van der Waals surface area contributed by atoms with Crippen LogP contribution in [0.15, 0.2) is 66.4 Å². The molecule has 1 heterocycles. The number of amides is 1. The van der Waals surface area contributed by atoms with Gasteiger partial charge >= 0.3 is 5.97 Å². The van der Waals surface area contributed by atoms with E-state index in [9.17, 15) is 19.2 Å². The molecule has 0 radical (unpaired) electrons. The number of hydrogen-bond donors (Lipinski definition) is 2. The number of carbonyl (C=O) groups excluding carboxylic acids is 4. The van der Waals surface area contributed by atoms with Crippen LogP contribution in [0.4, 0.5) is 0 Å². The first-order valence-electron chi connectivity index (χ1n) is 10.5. The molecule has 2 aromatic carbocycles. The van der Waals surface area contributed by atoms with E-state index >= 15 is 0 Å². The van der Waals surface area contributed by atoms with E-state index in [1.165, 1.54) is 0 Å². The SMILES string of the molecule is CCOC(=O)C1C(=O)C(=CC(=O)c2ccc(OCC)cc2)N(NC(=O)c2ccccc2)C1N. The van der Waals surface area contributed by atoms with Gasteiger partial charge < -0.3 is 15.2 Å². The highest BCUT2D eigenvalue weighted by Crippen LogP contribution is 2.27. The maximum Gasteiger partial charge on any atom is 0.320 e. The van der Waals surface area contributed by atoms with Crippen LogP contribution in [0, 0.1) is 5.92 Å². The molecule has 2 aromatic rings. The zero-order valence-electron chi connectivity index (χ0n) is 18.3. The average molecular weight is 451 g/mol. The van der Waals surface area contributed by atoms with Crippen LogP contribution in [0.5, 0.6) is 5.75 Å². The fourth-order valence-corrected chi connectivity index (χ4v) is 3.35. The minimum atomic E-state index is -1.39. The van der Waals surface area contributed by atoms with Crippen LogP contribution < -0.4 is 15.9 Å². The fourth-order valence-electron chi connectivity index (χ4n) is 3.35. The number of carbonyl (C=O) groups is 4. The summed E-state index contributed by atoms with van der Waals surface area (Å²) in [5.74, 6) is -3.39. The Kier molecular flexibility index (Phi) is 7.57. The van der Waals surface area contributed by atoms with Crippen molar-refractivity contribution in [1.82, 2.24) is 10.4 Å². The molecule has 1 amide bonds. The van der Waals surface area contributed by atoms with Gasteiger partial charge in [0.2, 0.25) is 0 Å². The Morgan fingerprint density at radius 1 is 1.00 bits per heavy atom. The smallest absolute Gasteiger partial charge is 0.320 e. The standard InChI is InChI=1S/C24H25N3O6/c1-3-32-17-12-10-15(11-13-17)19(28)14-18-21(29)20(24(31)33-4-2)22(25)27(18)26-23(30)16-8-6-5-7-9-16/h5-14,20,22H,3-4,25H2,1-2H3,(H,26,30). The molecule has 1 aliphatic heterocycles. The van der Waals surface area contributed by atoms with E-state index < -0.39 is 35.5 Å². The van der Waals surface area contributed by atoms with Gasteiger partial charge in [-0.3, -0.25) is 29.6 Å². The molecule has 1 saturated heterocycles. The Morgan fingerprint density at radius 3 is 2.27 bits per heavy atom. The third kappa shape index (κ3) is 5.27. The first-order chi connectivity index (χ1) is 15.9. The van der Waals surface area contributed by atoms with Crippen molar-refractivity contribution >= 4 is 23.4 Å². The van der Waals surface area contributed by atoms with Crippen molar-refractivity contribution in [1.29, 1.82) is 0 Å². The number of nitrogens with one attached hydrogen (secondary N) is 1. The number of benzene rings is 2. The molecule has 1 fully saturated rings. The predicted octanol–water partition coefficient (Wildman–Crippen LogP) is 1.85. The number of esters is 1. The second kappa shape index (κ2) is 10.6. The minimum Gasteiger partial charge on any atom is -0.494 e. The Balaban J connectivity index is 1.93. The molecule has 33 heavy (non-hydrogen) atoms. The molecular weight excluding hydrogens is 426 g/mol. The fraction of sp³-hybridized carbons (Fsp3) is 0.250. The van der Waals surface area contributed by atoms with E-state index in [-0.39, 0.29) is 12.3 Å². The van der Waals surface area contributed by atoms with Crippen molar-refractivity contribution in [2.75, 3.05) is 13.2 Å². The van der Waals surface area contributed by atoms with Gasteiger partial charge in [-0.25, -0.2) is 0 Å². The zero-order valence-corrected chi connectivity index (χ0v) is 18.3. The molecule has 172 valence electrons. The number of ether oxygens (including phenoxy) is 2. The quantitative estimate of drug-likeness (QED) is 0.269. The van der Waals surface area contributed by atoms with Gasteiger partial charge in [-0.05, 0) is 50.2 Å². The van der Waals surface area contributed by atoms with E-state index in [1.54, 1.807) is 61.5 Å². The lowest BCUT2D eigenvalue weighted by molar-refractivity contribution is -0.151. The molecule has 0 aliphatic carbocycles. The highest BCUT2D eigenvalue weighted by molar-refractivity contribution is 6.16. The van der Waals surface area contributed by atoms with Crippen LogP contribution in [0.2, 0.25) is 0 Å². The van der Waals surface area contributed by atoms with Crippen LogP contribution in [0.3, 0.4) is 0 Å². The molecule has 0 saturated carbocycles. The summed E-state index contributed by atoms with van der Waals surface area (Å²) in [7, 11) is 0. The number of Topliss-reactive ketones (excluding diaryl/α,β-unsaturated/α-hetero) is 1. The van der Waals surface area contributed by atoms with Crippen molar-refractivity contribution in [2.24, 2.45) is 11.7 Å². The van der Waals surface area contributed by atoms with Gasteiger partial charge in [0.1, 0.15) is 17.6 Å². The third-order valence-corrected chi connectivity index (χ3v) is 4.95. The van der Waals surface area contributed by atoms with Crippen LogP contribution in [-0.2, 0) is 14.3 Å². The van der Waals surface area contributed by atoms with Crippen molar-refractivity contribution in [2.45, 2.75) is 20.0 Å². The maximum atomic E-state index is 13.1. The van der Waals surface area contributed by atoms with Gasteiger partial charge in [0.15, 0.2) is 17.5 Å². The molecule has 2 atom stereocenters. The van der Waals surface area contributed by atoms with E-state index in [1.807, 2.05) is 6.92 Å². The lowest BCUT2D eigenvalue weighted by atomic mass is 10.0. The van der Waals surface area contributed by atoms with Gasteiger partial charge in [-0.2, -0.15) is 0 Å². The third-order valence-electron chi connectivity index (χ3n) is 4.95. The Hall–Kier alpha value is -3.98. The summed E-state index contributed by atoms with van der Waals surface area (Å²) in [5.41, 5.74) is 9.09. The molecule has 9 nitrogen and oxygen atoms in total. The molecule has 0 spiro atoms. The van der Waals surface area contributed by atoms with E-state index in [2.05, 4.69) is 5.43 Å². The largest absolute Gasteiger partial charge is 0.494 e. The Bertz CT molecular complexity index is 1070. The predicted molar refractivity (Wildman–Crippen MR) is 119 cm³/mol. The number of allylic oxidation sites excluding steroid dienone is 2. The number of nitrogens with zero attached hydrogens (tertiary/aromatic N) is 1. The van der Waals surface area contributed by atoms with Gasteiger partial charge in [0, 0.05) is 17.2 Å². The molecule has 3 N–H and O–H groups in total. The summed E-state index contributed by atoms with van der Waals surface area (Å²) in [6.45, 7) is 3.98. The number of hydrazine groups is 1. The van der Waals surface area contributed by atoms with Crippen molar-refractivity contribution in [3.05, 3.63) is 77.5 Å². The van der Waals surface area contributed by atoms with Crippen molar-refractivity contribution in [3.8, 4) is 5.75 Å². The van der Waals surface area contributed by atoms with Gasteiger partial charge in [0.05, 0.1) is 13.2 Å². The molecule has 2 unspecified atom stereocenters. The summed E-state index contributed by atoms with van der Waals surface area (Å²) in [6.07, 6.45) is -0.189. The van der Waals surface area contributed by atoms with E-state index in [0.717, 1.165) is 11.1 Å². The van der Waals surface area contributed by atoms with Crippen LogP contribution in [0.25, 0.3) is 0 Å². The molecule has 0 bridgehead atoms. The highest BCUT2D eigenvalue weighted by atomic mass is 16.5. The van der Waals surface area contributed by atoms with Gasteiger partial charge in [0.25, 0.3) is 5.91 Å². The molecule has 9 heteroatoms. The Morgan fingerprint density at radius 2 is 1.67 bits per heavy atom. The monoisotopic (exact) mass is 451 g/mol. The molecule has 0 aromatic heterocycles. The summed E-state index contributed by atoms with van der Waals surface area (Å²) in [6, 6.07) is 14.6. The number of hydrogen-bond acceptors (Lipinski definition) is 8. The number of nitrogens with two attached hydrogens (primary N) is 1.